The van der Waals surface area contributed by atoms with E-state index in [0.717, 1.165) is 11.1 Å². The lowest BCUT2D eigenvalue weighted by Gasteiger charge is -2.12. The largest absolute Gasteiger partial charge is 0.334 e. The molecule has 2 saturated carbocycles. The van der Waals surface area contributed by atoms with E-state index in [2.05, 4.69) is 16.7 Å². The summed E-state index contributed by atoms with van der Waals surface area (Å²) in [6, 6.07) is 12.1. The Bertz CT molecular complexity index is 1120. The Morgan fingerprint density at radius 3 is 2.45 bits per heavy atom. The van der Waals surface area contributed by atoms with Gasteiger partial charge in [-0.15, -0.1) is 23.2 Å². The van der Waals surface area contributed by atoms with Crippen LogP contribution in [0.2, 0.25) is 10.0 Å². The molecule has 0 unspecified atom stereocenters. The van der Waals surface area contributed by atoms with Crippen molar-refractivity contribution in [1.29, 1.82) is 5.26 Å². The van der Waals surface area contributed by atoms with Gasteiger partial charge in [0.05, 0.1) is 22.6 Å². The molecule has 0 aliphatic heterocycles. The van der Waals surface area contributed by atoms with Gasteiger partial charge in [0.2, 0.25) is 5.91 Å². The molecule has 2 atom stereocenters. The fourth-order valence-electron chi connectivity index (χ4n) is 3.68. The van der Waals surface area contributed by atoms with Crippen LogP contribution in [-0.4, -0.2) is 21.7 Å². The number of amides is 2. The van der Waals surface area contributed by atoms with Crippen molar-refractivity contribution in [2.75, 3.05) is 5.32 Å². The van der Waals surface area contributed by atoms with E-state index in [4.69, 9.17) is 46.4 Å². The molecule has 2 aromatic rings. The van der Waals surface area contributed by atoms with Crippen LogP contribution in [0, 0.1) is 24.2 Å². The smallest absolute Gasteiger partial charge is 0.254 e. The molecule has 0 heterocycles. The van der Waals surface area contributed by atoms with Crippen LogP contribution in [0.5, 0.6) is 0 Å². The van der Waals surface area contributed by atoms with E-state index in [9.17, 15) is 14.9 Å². The molecule has 9 heteroatoms. The average Bonchev–Trinajstić information content (AvgIpc) is 3.57. The zero-order valence-corrected chi connectivity index (χ0v) is 19.3. The van der Waals surface area contributed by atoms with Crippen molar-refractivity contribution in [3.05, 3.63) is 63.1 Å². The lowest BCUT2D eigenvalue weighted by atomic mass is 10.1. The lowest BCUT2D eigenvalue weighted by Crippen LogP contribution is -2.35. The second kappa shape index (κ2) is 7.86. The molecule has 0 saturated heterocycles. The normalized spacial score (nSPS) is 22.2. The van der Waals surface area contributed by atoms with Crippen molar-refractivity contribution in [3.63, 3.8) is 0 Å². The lowest BCUT2D eigenvalue weighted by molar-refractivity contribution is -0.117. The third-order valence-corrected chi connectivity index (χ3v) is 7.04. The molecule has 2 aromatic carbocycles. The van der Waals surface area contributed by atoms with Gasteiger partial charge in [-0.25, -0.2) is 0 Å². The number of alkyl halides is 2. The molecule has 160 valence electrons. The first-order valence-corrected chi connectivity index (χ1v) is 11.1. The summed E-state index contributed by atoms with van der Waals surface area (Å²) in [5.74, 6) is -1.94. The number of aryl methyl sites for hydroxylation is 1. The SMILES string of the molecule is Cc1cc(Cl)cc([C@H]2[C@H](C(=O)Nc3ccc(Cl)c(C(=O)NC4(C#N)CC4)c3)C2(Cl)Cl)c1. The van der Waals surface area contributed by atoms with E-state index in [1.54, 1.807) is 12.1 Å². The number of carbonyl (C=O) groups excluding carboxylic acids is 2. The minimum atomic E-state index is -1.26. The van der Waals surface area contributed by atoms with Crippen LogP contribution < -0.4 is 10.6 Å². The monoisotopic (exact) mass is 495 g/mol. The van der Waals surface area contributed by atoms with Crippen molar-refractivity contribution in [2.24, 2.45) is 5.92 Å². The van der Waals surface area contributed by atoms with Crippen molar-refractivity contribution in [1.82, 2.24) is 5.32 Å². The van der Waals surface area contributed by atoms with Gasteiger partial charge in [-0.1, -0.05) is 29.3 Å². The number of anilines is 1. The summed E-state index contributed by atoms with van der Waals surface area (Å²) >= 11 is 25.1. The number of nitrogens with one attached hydrogen (secondary N) is 2. The molecule has 31 heavy (non-hydrogen) atoms. The van der Waals surface area contributed by atoms with Gasteiger partial charge >= 0.3 is 0 Å². The molecule has 0 spiro atoms. The fraction of sp³-hybridized carbons (Fsp3) is 0.318. The molecule has 0 radical (unpaired) electrons. The van der Waals surface area contributed by atoms with E-state index >= 15 is 0 Å². The standard InChI is InChI=1S/C22H17Cl4N3O2/c1-11-6-12(8-13(23)7-11)17-18(22(17,25)26)20(31)28-14-2-3-16(24)15(9-14)19(30)29-21(10-27)4-5-21/h2-3,6-9,17-18H,4-5H2,1H3,(H,28,31)(H,29,30)/t17-,18+/m0/s1. The summed E-state index contributed by atoms with van der Waals surface area (Å²) in [7, 11) is 0. The predicted octanol–water partition coefficient (Wildman–Crippen LogP) is 5.61. The number of rotatable bonds is 5. The Morgan fingerprint density at radius 1 is 1.13 bits per heavy atom. The highest BCUT2D eigenvalue weighted by Gasteiger charge is 2.67. The Kier molecular flexibility index (Phi) is 5.64. The third-order valence-electron chi connectivity index (χ3n) is 5.55. The first-order valence-electron chi connectivity index (χ1n) is 9.55. The van der Waals surface area contributed by atoms with Gasteiger partial charge < -0.3 is 10.6 Å². The van der Waals surface area contributed by atoms with Crippen molar-refractivity contribution < 1.29 is 9.59 Å². The number of benzene rings is 2. The Hall–Kier alpha value is -1.97. The number of hydrogen-bond donors (Lipinski definition) is 2. The van der Waals surface area contributed by atoms with E-state index in [-0.39, 0.29) is 16.5 Å². The molecule has 4 rings (SSSR count). The predicted molar refractivity (Wildman–Crippen MR) is 122 cm³/mol. The maximum absolute atomic E-state index is 12.9. The van der Waals surface area contributed by atoms with Crippen LogP contribution in [0.1, 0.15) is 40.2 Å². The van der Waals surface area contributed by atoms with Crippen molar-refractivity contribution >= 4 is 63.9 Å². The number of nitriles is 1. The quantitative estimate of drug-likeness (QED) is 0.527. The summed E-state index contributed by atoms with van der Waals surface area (Å²) in [4.78, 5) is 25.5. The Balaban J connectivity index is 1.51. The molecular formula is C22H17Cl4N3O2. The van der Waals surface area contributed by atoms with E-state index in [1.807, 2.05) is 19.1 Å². The van der Waals surface area contributed by atoms with Gasteiger partial charge in [-0.05, 0) is 61.2 Å². The molecule has 2 amide bonds. The highest BCUT2D eigenvalue weighted by molar-refractivity contribution is 6.53. The van der Waals surface area contributed by atoms with Gasteiger partial charge in [0.1, 0.15) is 9.87 Å². The van der Waals surface area contributed by atoms with Crippen LogP contribution in [-0.2, 0) is 4.79 Å². The molecule has 2 aliphatic rings. The number of halogens is 4. The van der Waals surface area contributed by atoms with Gasteiger partial charge in [-0.3, -0.25) is 9.59 Å². The van der Waals surface area contributed by atoms with Crippen LogP contribution in [0.25, 0.3) is 0 Å². The number of carbonyl (C=O) groups is 2. The highest BCUT2D eigenvalue weighted by atomic mass is 35.5. The summed E-state index contributed by atoms with van der Waals surface area (Å²) in [6.45, 7) is 1.90. The van der Waals surface area contributed by atoms with E-state index in [0.29, 0.717) is 23.6 Å². The molecule has 2 N–H and O–H groups in total. The second-order valence-electron chi connectivity index (χ2n) is 8.02. The van der Waals surface area contributed by atoms with E-state index in [1.165, 1.54) is 12.1 Å². The van der Waals surface area contributed by atoms with E-state index < -0.39 is 27.6 Å². The van der Waals surface area contributed by atoms with Crippen LogP contribution in [0.4, 0.5) is 5.69 Å². The molecular weight excluding hydrogens is 480 g/mol. The summed E-state index contributed by atoms with van der Waals surface area (Å²) < 4.78 is -1.26. The average molecular weight is 497 g/mol. The maximum atomic E-state index is 12.9. The number of nitrogens with zero attached hydrogens (tertiary/aromatic N) is 1. The molecule has 0 aromatic heterocycles. The number of hydrogen-bond acceptors (Lipinski definition) is 3. The maximum Gasteiger partial charge on any atom is 0.254 e. The zero-order chi connectivity index (χ0) is 22.6. The highest BCUT2D eigenvalue weighted by Crippen LogP contribution is 2.65. The molecule has 2 aliphatic carbocycles. The molecule has 2 fully saturated rings. The van der Waals surface area contributed by atoms with Crippen molar-refractivity contribution in [3.8, 4) is 6.07 Å². The topological polar surface area (TPSA) is 82.0 Å². The zero-order valence-electron chi connectivity index (χ0n) is 16.3. The minimum Gasteiger partial charge on any atom is -0.334 e. The fourth-order valence-corrected chi connectivity index (χ4v) is 5.01. The van der Waals surface area contributed by atoms with Crippen LogP contribution >= 0.6 is 46.4 Å². The molecule has 5 nitrogen and oxygen atoms in total. The summed E-state index contributed by atoms with van der Waals surface area (Å²) in [5.41, 5.74) is 1.45. The summed E-state index contributed by atoms with van der Waals surface area (Å²) in [6.07, 6.45) is 1.20. The van der Waals surface area contributed by atoms with Crippen LogP contribution in [0.3, 0.4) is 0 Å². The van der Waals surface area contributed by atoms with Gasteiger partial charge in [0.25, 0.3) is 5.91 Å². The first kappa shape index (κ1) is 22.2. The Morgan fingerprint density at radius 2 is 1.84 bits per heavy atom. The van der Waals surface area contributed by atoms with Gasteiger partial charge in [0, 0.05) is 16.6 Å². The van der Waals surface area contributed by atoms with Crippen molar-refractivity contribution in [2.45, 2.75) is 35.6 Å². The summed E-state index contributed by atoms with van der Waals surface area (Å²) in [5, 5.41) is 15.4. The Labute approximate surface area is 199 Å². The van der Waals surface area contributed by atoms with Gasteiger partial charge in [0.15, 0.2) is 0 Å². The molecule has 0 bridgehead atoms. The second-order valence-corrected chi connectivity index (χ2v) is 10.3. The van der Waals surface area contributed by atoms with Crippen LogP contribution in [0.15, 0.2) is 36.4 Å². The first-order chi connectivity index (χ1) is 14.6. The van der Waals surface area contributed by atoms with Gasteiger partial charge in [-0.2, -0.15) is 5.26 Å². The third kappa shape index (κ3) is 4.36. The minimum absolute atomic E-state index is 0.168.